The predicted octanol–water partition coefficient (Wildman–Crippen LogP) is 2.40. The highest BCUT2D eigenvalue weighted by Gasteiger charge is 2.04. The Hall–Kier alpha value is -1.26. The number of hydrogen-bond donors (Lipinski definition) is 1. The van der Waals surface area contributed by atoms with Gasteiger partial charge in [0.1, 0.15) is 6.61 Å². The number of rotatable bonds is 2. The molecule has 15 heavy (non-hydrogen) atoms. The Morgan fingerprint density at radius 1 is 1.20 bits per heavy atom. The predicted molar refractivity (Wildman–Crippen MR) is 61.1 cm³/mol. The van der Waals surface area contributed by atoms with Crippen molar-refractivity contribution in [2.75, 3.05) is 0 Å². The molecule has 3 nitrogen and oxygen atoms in total. The minimum atomic E-state index is -0.141. The molecule has 0 spiro atoms. The largest absolute Gasteiger partial charge is 0.388 e. The van der Waals surface area contributed by atoms with Crippen molar-refractivity contribution >= 4 is 15.9 Å². The lowest BCUT2D eigenvalue weighted by atomic mass is 10.1. The maximum Gasteiger partial charge on any atom is 0.154 e. The molecule has 2 aromatic rings. The van der Waals surface area contributed by atoms with Gasteiger partial charge in [-0.2, -0.15) is 0 Å². The molecule has 0 amide bonds. The van der Waals surface area contributed by atoms with Crippen molar-refractivity contribution in [1.29, 1.82) is 0 Å². The normalized spacial score (nSPS) is 10.3. The first-order chi connectivity index (χ1) is 7.31. The topological polar surface area (TPSA) is 46.0 Å². The van der Waals surface area contributed by atoms with Crippen LogP contribution in [-0.4, -0.2) is 15.1 Å². The molecule has 76 valence electrons. The molecule has 0 atom stereocenters. The van der Waals surface area contributed by atoms with Gasteiger partial charge in [0.2, 0.25) is 0 Å². The number of halogens is 1. The van der Waals surface area contributed by atoms with Gasteiger partial charge in [-0.15, -0.1) is 0 Å². The minimum absolute atomic E-state index is 0.141. The molecule has 1 heterocycles. The number of benzene rings is 1. The third-order valence-corrected chi connectivity index (χ3v) is 2.69. The Morgan fingerprint density at radius 2 is 2.00 bits per heavy atom. The van der Waals surface area contributed by atoms with Gasteiger partial charge in [-0.05, 0) is 12.1 Å². The summed E-state index contributed by atoms with van der Waals surface area (Å²) in [5, 5.41) is 8.94. The molecule has 1 N–H and O–H groups in total. The molecule has 2 rings (SSSR count). The molecule has 1 aromatic carbocycles. The Morgan fingerprint density at radius 3 is 2.73 bits per heavy atom. The molecule has 0 aliphatic heterocycles. The molecule has 0 aliphatic carbocycles. The molecule has 0 saturated carbocycles. The van der Waals surface area contributed by atoms with Gasteiger partial charge in [0.05, 0.1) is 5.69 Å². The van der Waals surface area contributed by atoms with Gasteiger partial charge in [0.25, 0.3) is 0 Å². The first kappa shape index (κ1) is 10.3. The zero-order valence-electron chi connectivity index (χ0n) is 7.89. The molecule has 0 aliphatic rings. The fourth-order valence-corrected chi connectivity index (χ4v) is 1.78. The smallest absolute Gasteiger partial charge is 0.154 e. The van der Waals surface area contributed by atoms with E-state index < -0.39 is 0 Å². The molecule has 0 unspecified atom stereocenters. The van der Waals surface area contributed by atoms with E-state index in [2.05, 4.69) is 25.9 Å². The highest BCUT2D eigenvalue weighted by Crippen LogP contribution is 2.25. The van der Waals surface area contributed by atoms with Crippen LogP contribution < -0.4 is 0 Å². The lowest BCUT2D eigenvalue weighted by Crippen LogP contribution is -1.95. The Labute approximate surface area is 96.0 Å². The van der Waals surface area contributed by atoms with E-state index in [1.807, 2.05) is 30.3 Å². The number of aromatic nitrogens is 2. The summed E-state index contributed by atoms with van der Waals surface area (Å²) in [6.45, 7) is -0.141. The van der Waals surface area contributed by atoms with Crippen LogP contribution in [0.2, 0.25) is 0 Å². The van der Waals surface area contributed by atoms with E-state index >= 15 is 0 Å². The number of aliphatic hydroxyl groups excluding tert-OH is 1. The van der Waals surface area contributed by atoms with Gasteiger partial charge in [0.15, 0.2) is 5.82 Å². The van der Waals surface area contributed by atoms with Crippen LogP contribution in [0.4, 0.5) is 0 Å². The van der Waals surface area contributed by atoms with E-state index in [0.717, 1.165) is 15.7 Å². The van der Waals surface area contributed by atoms with E-state index in [9.17, 15) is 0 Å². The summed E-state index contributed by atoms with van der Waals surface area (Å²) >= 11 is 3.46. The number of hydrogen-bond acceptors (Lipinski definition) is 3. The molecule has 0 fully saturated rings. The van der Waals surface area contributed by atoms with Crippen LogP contribution in [0, 0.1) is 0 Å². The van der Waals surface area contributed by atoms with Crippen LogP contribution in [0.25, 0.3) is 11.3 Å². The maximum atomic E-state index is 8.94. The number of aliphatic hydroxyl groups is 1. The Kier molecular flexibility index (Phi) is 3.08. The van der Waals surface area contributed by atoms with Gasteiger partial charge < -0.3 is 5.11 Å². The van der Waals surface area contributed by atoms with Gasteiger partial charge in [-0.3, -0.25) is 0 Å². The van der Waals surface area contributed by atoms with Crippen molar-refractivity contribution in [3.05, 3.63) is 46.8 Å². The van der Waals surface area contributed by atoms with E-state index in [0.29, 0.717) is 5.82 Å². The summed E-state index contributed by atoms with van der Waals surface area (Å²) in [4.78, 5) is 8.17. The van der Waals surface area contributed by atoms with Crippen molar-refractivity contribution < 1.29 is 5.11 Å². The SMILES string of the molecule is OCc1nccc(-c2ccccc2Br)n1. The van der Waals surface area contributed by atoms with E-state index in [1.54, 1.807) is 6.20 Å². The lowest BCUT2D eigenvalue weighted by molar-refractivity contribution is 0.271. The standard InChI is InChI=1S/C11H9BrN2O/c12-9-4-2-1-3-8(9)10-5-6-13-11(7-15)14-10/h1-6,15H,7H2. The van der Waals surface area contributed by atoms with Crippen LogP contribution in [0.1, 0.15) is 5.82 Å². The van der Waals surface area contributed by atoms with Crippen LogP contribution >= 0.6 is 15.9 Å². The van der Waals surface area contributed by atoms with E-state index in [4.69, 9.17) is 5.11 Å². The maximum absolute atomic E-state index is 8.94. The summed E-state index contributed by atoms with van der Waals surface area (Å²) in [5.74, 6) is 0.434. The van der Waals surface area contributed by atoms with E-state index in [-0.39, 0.29) is 6.61 Å². The molecule has 4 heteroatoms. The summed E-state index contributed by atoms with van der Waals surface area (Å²) in [6, 6.07) is 9.63. The summed E-state index contributed by atoms with van der Waals surface area (Å²) in [6.07, 6.45) is 1.65. The molecule has 0 saturated heterocycles. The fourth-order valence-electron chi connectivity index (χ4n) is 1.29. The molecule has 0 bridgehead atoms. The van der Waals surface area contributed by atoms with Crippen molar-refractivity contribution in [1.82, 2.24) is 9.97 Å². The van der Waals surface area contributed by atoms with Crippen molar-refractivity contribution in [2.45, 2.75) is 6.61 Å². The van der Waals surface area contributed by atoms with Crippen LogP contribution in [0.3, 0.4) is 0 Å². The van der Waals surface area contributed by atoms with Crippen LogP contribution in [0.5, 0.6) is 0 Å². The van der Waals surface area contributed by atoms with Gasteiger partial charge in [-0.1, -0.05) is 34.1 Å². The lowest BCUT2D eigenvalue weighted by Gasteiger charge is -2.04. The molecule has 0 radical (unpaired) electrons. The van der Waals surface area contributed by atoms with E-state index in [1.165, 1.54) is 0 Å². The average Bonchev–Trinajstić information content (AvgIpc) is 2.30. The Bertz CT molecular complexity index is 474. The monoisotopic (exact) mass is 264 g/mol. The first-order valence-corrected chi connectivity index (χ1v) is 5.28. The van der Waals surface area contributed by atoms with Crippen molar-refractivity contribution in [3.63, 3.8) is 0 Å². The summed E-state index contributed by atoms with van der Waals surface area (Å²) < 4.78 is 0.979. The molecular formula is C11H9BrN2O. The Balaban J connectivity index is 2.49. The first-order valence-electron chi connectivity index (χ1n) is 4.49. The highest BCUT2D eigenvalue weighted by molar-refractivity contribution is 9.10. The van der Waals surface area contributed by atoms with Crippen LogP contribution in [-0.2, 0) is 6.61 Å². The molecular weight excluding hydrogens is 256 g/mol. The summed E-state index contributed by atoms with van der Waals surface area (Å²) in [5.41, 5.74) is 1.80. The zero-order chi connectivity index (χ0) is 10.7. The van der Waals surface area contributed by atoms with Gasteiger partial charge in [0, 0.05) is 16.2 Å². The fraction of sp³-hybridized carbons (Fsp3) is 0.0909. The summed E-state index contributed by atoms with van der Waals surface area (Å²) in [7, 11) is 0. The zero-order valence-corrected chi connectivity index (χ0v) is 9.48. The third-order valence-electron chi connectivity index (χ3n) is 2.00. The second-order valence-electron chi connectivity index (χ2n) is 3.00. The van der Waals surface area contributed by atoms with Crippen molar-refractivity contribution in [2.24, 2.45) is 0 Å². The molecule has 1 aromatic heterocycles. The van der Waals surface area contributed by atoms with Gasteiger partial charge in [-0.25, -0.2) is 9.97 Å². The highest BCUT2D eigenvalue weighted by atomic mass is 79.9. The average molecular weight is 265 g/mol. The number of nitrogens with zero attached hydrogens (tertiary/aromatic N) is 2. The quantitative estimate of drug-likeness (QED) is 0.906. The van der Waals surface area contributed by atoms with Gasteiger partial charge >= 0.3 is 0 Å². The third kappa shape index (κ3) is 2.22. The second-order valence-corrected chi connectivity index (χ2v) is 3.85. The van der Waals surface area contributed by atoms with Crippen molar-refractivity contribution in [3.8, 4) is 11.3 Å². The minimum Gasteiger partial charge on any atom is -0.388 e. The van der Waals surface area contributed by atoms with Crippen LogP contribution in [0.15, 0.2) is 41.0 Å². The second kappa shape index (κ2) is 4.51.